The third-order valence-electron chi connectivity index (χ3n) is 4.20. The maximum atomic E-state index is 12.2. The predicted octanol–water partition coefficient (Wildman–Crippen LogP) is 3.35. The number of hydrogen-bond acceptors (Lipinski definition) is 5. The molecule has 25 heavy (non-hydrogen) atoms. The number of H-pyrrole nitrogens is 1. The van der Waals surface area contributed by atoms with Gasteiger partial charge in [0, 0.05) is 24.5 Å². The van der Waals surface area contributed by atoms with E-state index >= 15 is 0 Å². The van der Waals surface area contributed by atoms with Crippen molar-refractivity contribution in [1.29, 1.82) is 0 Å². The smallest absolute Gasteiger partial charge is 0.233 e. The molecule has 2 aromatic heterocycles. The number of pyridine rings is 1. The number of nitrogens with one attached hydrogen (secondary N) is 2. The van der Waals surface area contributed by atoms with E-state index in [0.29, 0.717) is 17.5 Å². The number of aromatic amines is 1. The average Bonchev–Trinajstić information content (AvgIpc) is 3.12. The summed E-state index contributed by atoms with van der Waals surface area (Å²) < 4.78 is 0. The number of carbonyl (C=O) groups is 1. The summed E-state index contributed by atoms with van der Waals surface area (Å²) >= 11 is 1.36. The van der Waals surface area contributed by atoms with Gasteiger partial charge in [-0.2, -0.15) is 0 Å². The molecule has 0 aromatic carbocycles. The lowest BCUT2D eigenvalue weighted by Crippen LogP contribution is -2.32. The molecule has 0 saturated heterocycles. The van der Waals surface area contributed by atoms with Gasteiger partial charge >= 0.3 is 0 Å². The predicted molar refractivity (Wildman–Crippen MR) is 99.1 cm³/mol. The van der Waals surface area contributed by atoms with Crippen LogP contribution in [0.5, 0.6) is 0 Å². The number of amides is 1. The van der Waals surface area contributed by atoms with Gasteiger partial charge in [-0.1, -0.05) is 23.4 Å². The molecule has 6 nitrogen and oxygen atoms in total. The molecule has 2 aromatic rings. The molecule has 0 saturated carbocycles. The van der Waals surface area contributed by atoms with Crippen molar-refractivity contribution in [1.82, 2.24) is 25.5 Å². The molecule has 1 aliphatic rings. The van der Waals surface area contributed by atoms with Crippen molar-refractivity contribution in [2.75, 3.05) is 6.54 Å². The molecular formula is C18H23N5OS. The zero-order chi connectivity index (χ0) is 17.5. The molecule has 1 unspecified atom stereocenters. The molecule has 0 fully saturated rings. The fourth-order valence-corrected chi connectivity index (χ4v) is 3.52. The summed E-state index contributed by atoms with van der Waals surface area (Å²) in [5.74, 6) is 0.707. The average molecular weight is 357 g/mol. The summed E-state index contributed by atoms with van der Waals surface area (Å²) in [5.41, 5.74) is 2.40. The molecule has 2 heterocycles. The molecule has 0 radical (unpaired) electrons. The normalized spacial score (nSPS) is 15.5. The highest BCUT2D eigenvalue weighted by atomic mass is 32.2. The minimum Gasteiger partial charge on any atom is -0.355 e. The van der Waals surface area contributed by atoms with Gasteiger partial charge in [0.25, 0.3) is 0 Å². The summed E-state index contributed by atoms with van der Waals surface area (Å²) in [7, 11) is 0. The van der Waals surface area contributed by atoms with Gasteiger partial charge in [-0.15, -0.1) is 5.10 Å². The minimum absolute atomic E-state index is 0.0247. The SMILES string of the molecule is CC(Sc1n[nH]c(-c2ccncc2)n1)C(=O)NCCC1=CCCCC1. The van der Waals surface area contributed by atoms with E-state index in [0.717, 1.165) is 12.0 Å². The van der Waals surface area contributed by atoms with Crippen LogP contribution in [0.15, 0.2) is 41.3 Å². The first-order valence-corrected chi connectivity index (χ1v) is 9.55. The minimum atomic E-state index is -0.235. The number of hydrogen-bond donors (Lipinski definition) is 2. The van der Waals surface area contributed by atoms with Crippen LogP contribution in [-0.4, -0.2) is 37.9 Å². The number of thioether (sulfide) groups is 1. The maximum Gasteiger partial charge on any atom is 0.233 e. The fraction of sp³-hybridized carbons (Fsp3) is 0.444. The molecule has 0 spiro atoms. The van der Waals surface area contributed by atoms with Crippen LogP contribution in [0.25, 0.3) is 11.4 Å². The highest BCUT2D eigenvalue weighted by Gasteiger charge is 2.17. The van der Waals surface area contributed by atoms with E-state index < -0.39 is 0 Å². The van der Waals surface area contributed by atoms with E-state index in [1.54, 1.807) is 12.4 Å². The van der Waals surface area contributed by atoms with Crippen LogP contribution in [0.2, 0.25) is 0 Å². The Morgan fingerprint density at radius 3 is 2.96 bits per heavy atom. The molecule has 1 atom stereocenters. The summed E-state index contributed by atoms with van der Waals surface area (Å²) in [6.07, 6.45) is 11.6. The Kier molecular flexibility index (Phi) is 6.22. The van der Waals surface area contributed by atoms with E-state index in [4.69, 9.17) is 0 Å². The van der Waals surface area contributed by atoms with E-state index in [2.05, 4.69) is 31.6 Å². The van der Waals surface area contributed by atoms with Gasteiger partial charge in [0.05, 0.1) is 5.25 Å². The Balaban J connectivity index is 1.46. The Labute approximate surface area is 151 Å². The van der Waals surface area contributed by atoms with E-state index in [1.807, 2.05) is 19.1 Å². The third-order valence-corrected chi connectivity index (χ3v) is 5.16. The van der Waals surface area contributed by atoms with Crippen LogP contribution < -0.4 is 5.32 Å². The molecule has 0 aliphatic heterocycles. The Bertz CT molecular complexity index is 728. The molecule has 2 N–H and O–H groups in total. The van der Waals surface area contributed by atoms with Crippen LogP contribution >= 0.6 is 11.8 Å². The second-order valence-corrected chi connectivity index (χ2v) is 7.42. The summed E-state index contributed by atoms with van der Waals surface area (Å²) in [6, 6.07) is 3.73. The van der Waals surface area contributed by atoms with Crippen molar-refractivity contribution in [2.24, 2.45) is 0 Å². The molecule has 1 amide bonds. The maximum absolute atomic E-state index is 12.2. The third kappa shape index (κ3) is 5.16. The summed E-state index contributed by atoms with van der Waals surface area (Å²) in [5, 5.41) is 10.4. The Morgan fingerprint density at radius 2 is 2.20 bits per heavy atom. The lowest BCUT2D eigenvalue weighted by molar-refractivity contribution is -0.120. The molecular weight excluding hydrogens is 334 g/mol. The second-order valence-electron chi connectivity index (χ2n) is 6.11. The number of nitrogens with zero attached hydrogens (tertiary/aromatic N) is 3. The highest BCUT2D eigenvalue weighted by molar-refractivity contribution is 8.00. The van der Waals surface area contributed by atoms with Crippen LogP contribution in [0, 0.1) is 0 Å². The molecule has 0 bridgehead atoms. The zero-order valence-corrected chi connectivity index (χ0v) is 15.2. The van der Waals surface area contributed by atoms with Gasteiger partial charge < -0.3 is 5.32 Å². The highest BCUT2D eigenvalue weighted by Crippen LogP contribution is 2.23. The molecule has 3 rings (SSSR count). The van der Waals surface area contributed by atoms with Gasteiger partial charge in [-0.25, -0.2) is 4.98 Å². The van der Waals surface area contributed by atoms with Crippen LogP contribution in [-0.2, 0) is 4.79 Å². The number of carbonyl (C=O) groups excluding carboxylic acids is 1. The number of rotatable bonds is 7. The van der Waals surface area contributed by atoms with E-state index in [9.17, 15) is 4.79 Å². The van der Waals surface area contributed by atoms with Gasteiger partial charge in [-0.3, -0.25) is 14.9 Å². The van der Waals surface area contributed by atoms with Crippen LogP contribution in [0.3, 0.4) is 0 Å². The fourth-order valence-electron chi connectivity index (χ4n) is 2.77. The quantitative estimate of drug-likeness (QED) is 0.586. The van der Waals surface area contributed by atoms with Crippen molar-refractivity contribution in [3.05, 3.63) is 36.2 Å². The first-order chi connectivity index (χ1) is 12.2. The topological polar surface area (TPSA) is 83.6 Å². The summed E-state index contributed by atoms with van der Waals surface area (Å²) in [6.45, 7) is 2.58. The van der Waals surface area contributed by atoms with E-state index in [1.165, 1.54) is 43.0 Å². The monoisotopic (exact) mass is 357 g/mol. The summed E-state index contributed by atoms with van der Waals surface area (Å²) in [4.78, 5) is 20.7. The lowest BCUT2D eigenvalue weighted by Gasteiger charge is -2.14. The van der Waals surface area contributed by atoms with E-state index in [-0.39, 0.29) is 11.2 Å². The second kappa shape index (κ2) is 8.80. The van der Waals surface area contributed by atoms with Gasteiger partial charge in [0.1, 0.15) is 0 Å². The van der Waals surface area contributed by atoms with Crippen molar-refractivity contribution >= 4 is 17.7 Å². The van der Waals surface area contributed by atoms with Gasteiger partial charge in [0.15, 0.2) is 5.82 Å². The first-order valence-electron chi connectivity index (χ1n) is 8.67. The number of aromatic nitrogens is 4. The van der Waals surface area contributed by atoms with Crippen LogP contribution in [0.4, 0.5) is 0 Å². The zero-order valence-electron chi connectivity index (χ0n) is 14.4. The molecule has 132 valence electrons. The molecule has 1 aliphatic carbocycles. The number of allylic oxidation sites excluding steroid dienone is 1. The van der Waals surface area contributed by atoms with Crippen molar-refractivity contribution in [2.45, 2.75) is 49.4 Å². The van der Waals surface area contributed by atoms with Gasteiger partial charge in [0.2, 0.25) is 11.1 Å². The first kappa shape index (κ1) is 17.7. The standard InChI is InChI=1S/C18H23N5OS/c1-13(17(24)20-12-7-14-5-3-2-4-6-14)25-18-21-16(22-23-18)15-8-10-19-11-9-15/h5,8-11,13H,2-4,6-7,12H2,1H3,(H,20,24)(H,21,22,23). The van der Waals surface area contributed by atoms with Crippen molar-refractivity contribution in [3.8, 4) is 11.4 Å². The van der Waals surface area contributed by atoms with Crippen molar-refractivity contribution in [3.63, 3.8) is 0 Å². The van der Waals surface area contributed by atoms with Crippen molar-refractivity contribution < 1.29 is 4.79 Å². The lowest BCUT2D eigenvalue weighted by atomic mass is 9.97. The Hall–Kier alpha value is -2.15. The van der Waals surface area contributed by atoms with Crippen LogP contribution in [0.1, 0.15) is 39.0 Å². The van der Waals surface area contributed by atoms with Gasteiger partial charge in [-0.05, 0) is 51.2 Å². The Morgan fingerprint density at radius 1 is 1.36 bits per heavy atom. The molecule has 7 heteroatoms. The largest absolute Gasteiger partial charge is 0.355 e.